The van der Waals surface area contributed by atoms with Gasteiger partial charge in [0, 0.05) is 17.4 Å². The van der Waals surface area contributed by atoms with Crippen molar-refractivity contribution in [1.29, 1.82) is 0 Å². The van der Waals surface area contributed by atoms with Crippen LogP contribution in [0.15, 0.2) is 12.2 Å². The number of aliphatic carboxylic acids is 1. The second-order valence-corrected chi connectivity index (χ2v) is 25.9. The van der Waals surface area contributed by atoms with E-state index in [1.807, 2.05) is 12.2 Å². The fourth-order valence-corrected chi connectivity index (χ4v) is 17.9. The molecule has 1 aliphatic heterocycles. The highest BCUT2D eigenvalue weighted by Crippen LogP contribution is 2.62. The molecule has 0 radical (unpaired) electrons. The minimum absolute atomic E-state index is 0.0158. The number of ether oxygens (including phenoxy) is 2. The predicted octanol–water partition coefficient (Wildman–Crippen LogP) is 10.3. The summed E-state index contributed by atoms with van der Waals surface area (Å²) in [5.41, 5.74) is 0.101. The van der Waals surface area contributed by atoms with E-state index in [0.29, 0.717) is 52.6 Å². The van der Waals surface area contributed by atoms with E-state index in [4.69, 9.17) is 19.4 Å². The van der Waals surface area contributed by atoms with E-state index in [2.05, 4.69) is 18.9 Å². The zero-order valence-corrected chi connectivity index (χ0v) is 42.1. The molecule has 0 spiro atoms. The van der Waals surface area contributed by atoms with Crippen LogP contribution in [-0.2, 0) is 57.1 Å². The molecule has 2 N–H and O–H groups in total. The topological polar surface area (TPSA) is 194 Å². The first-order valence-electron chi connectivity index (χ1n) is 25.7. The third kappa shape index (κ3) is 11.9. The summed E-state index contributed by atoms with van der Waals surface area (Å²) in [6.07, 6.45) is 26.1. The minimum atomic E-state index is -4.20. The summed E-state index contributed by atoms with van der Waals surface area (Å²) in [7, 11) is 0. The number of esters is 2. The zero-order valence-electron chi connectivity index (χ0n) is 40.5. The molecule has 0 aromatic carbocycles. The predicted molar refractivity (Wildman–Crippen MR) is 241 cm³/mol. The van der Waals surface area contributed by atoms with Crippen molar-refractivity contribution in [1.82, 2.24) is 5.06 Å². The van der Waals surface area contributed by atoms with Crippen molar-refractivity contribution in [3.63, 3.8) is 0 Å². The number of hydrogen-bond donors (Lipinski definition) is 2. The van der Waals surface area contributed by atoms with Crippen molar-refractivity contribution in [2.75, 3.05) is 26.4 Å². The number of carbonyl (C=O) groups excluding carboxylic acids is 4. The Morgan fingerprint density at radius 3 is 1.23 bits per heavy atom. The molecule has 25 heteroatoms. The summed E-state index contributed by atoms with van der Waals surface area (Å²) in [6.45, 7) is -0.865. The van der Waals surface area contributed by atoms with E-state index in [-0.39, 0.29) is 35.9 Å². The standard InChI is InChI=1S/C23H27F2NO5.C13H17F3O4S.C11H18O.C2HF3O4S/c24-23(25,11-31-26-19(27)17-15-1-2-16(6-15)18(17)20(26)28)21(29)30-10-22-7-12-3-13(8-22)5-14(4-12)9-22;14-13(15,21-20-19-16)11(17)18-7-12-4-8-1-9(5-12)3-10(2-8)6-12;12-7-11-4-8-1-9(5-11)3-10(2-8)6-11;3-2(4,1(6)7)10-9-8-5/h1-2,12-18H,3-11H2;8-10H,1-7H2;8-10,12H,1-7H2;(H,6,7). The molecule has 13 saturated carbocycles. The Hall–Kier alpha value is -2.81. The average Bonchev–Trinajstić information content (AvgIpc) is 4.03. The maximum absolute atomic E-state index is 14.5. The Balaban J connectivity index is 0.000000134. The van der Waals surface area contributed by atoms with E-state index >= 15 is 0 Å². The molecule has 15 aliphatic rings. The number of fused-ring (bicyclic) bond motifs is 5. The third-order valence-corrected chi connectivity index (χ3v) is 19.8. The summed E-state index contributed by atoms with van der Waals surface area (Å²) in [4.78, 5) is 63.1. The van der Waals surface area contributed by atoms with Crippen LogP contribution in [0.2, 0.25) is 0 Å². The number of nitrogens with zero attached hydrogens (tertiary/aromatic N) is 1. The monoisotopic (exact) mass is 1110 g/mol. The van der Waals surface area contributed by atoms with Gasteiger partial charge in [-0.1, -0.05) is 12.2 Å². The van der Waals surface area contributed by atoms with Crippen molar-refractivity contribution >= 4 is 53.8 Å². The largest absolute Gasteiger partial charge is 0.476 e. The van der Waals surface area contributed by atoms with E-state index in [9.17, 15) is 64.5 Å². The minimum Gasteiger partial charge on any atom is -0.476 e. The van der Waals surface area contributed by atoms with Gasteiger partial charge in [-0.3, -0.25) is 14.4 Å². The number of imide groups is 1. The van der Waals surface area contributed by atoms with Crippen molar-refractivity contribution in [2.45, 2.75) is 138 Å². The maximum atomic E-state index is 14.5. The smallest absolute Gasteiger partial charge is 0.415 e. The fraction of sp³-hybridized carbons (Fsp3) is 0.857. The summed E-state index contributed by atoms with van der Waals surface area (Å²) in [5.74, 6) is -5.19. The lowest BCUT2D eigenvalue weighted by atomic mass is 9.50. The first-order valence-corrected chi connectivity index (χ1v) is 27.2. The van der Waals surface area contributed by atoms with Gasteiger partial charge in [0.2, 0.25) is 0 Å². The highest BCUT2D eigenvalue weighted by molar-refractivity contribution is 7.96. The van der Waals surface area contributed by atoms with Gasteiger partial charge in [0.25, 0.3) is 11.8 Å². The second kappa shape index (κ2) is 21.8. The Morgan fingerprint density at radius 2 is 0.892 bits per heavy atom. The van der Waals surface area contributed by atoms with E-state index in [1.54, 1.807) is 0 Å². The Bertz CT molecular complexity index is 2000. The molecule has 14 bridgehead atoms. The van der Waals surface area contributed by atoms with Gasteiger partial charge in [0.15, 0.2) is 6.61 Å². The number of halogens is 8. The van der Waals surface area contributed by atoms with Crippen LogP contribution in [0.5, 0.6) is 0 Å². The number of allylic oxidation sites excluding steroid dienone is 2. The number of carboxylic acid groups (broad SMARTS) is 1. The number of rotatable bonds is 17. The molecule has 0 aromatic rings. The lowest BCUT2D eigenvalue weighted by molar-refractivity contribution is -0.360. The van der Waals surface area contributed by atoms with Gasteiger partial charge < -0.3 is 19.7 Å². The van der Waals surface area contributed by atoms with Crippen LogP contribution in [0.4, 0.5) is 35.4 Å². The van der Waals surface area contributed by atoms with Gasteiger partial charge in [-0.15, -0.1) is 8.67 Å². The van der Waals surface area contributed by atoms with Gasteiger partial charge in [0.1, 0.15) is 24.1 Å². The molecule has 15 nitrogen and oxygen atoms in total. The molecule has 14 fully saturated rings. The summed E-state index contributed by atoms with van der Waals surface area (Å²) >= 11 is -1.64. The van der Waals surface area contributed by atoms with Crippen LogP contribution in [-0.4, -0.2) is 87.9 Å². The molecular formula is C49H63F8NO14S2. The van der Waals surface area contributed by atoms with Gasteiger partial charge in [-0.25, -0.2) is 14.4 Å². The molecule has 2 amide bonds. The molecule has 14 aliphatic carbocycles. The van der Waals surface area contributed by atoms with Crippen LogP contribution in [0.3, 0.4) is 0 Å². The lowest BCUT2D eigenvalue weighted by Crippen LogP contribution is -2.49. The Labute approximate surface area is 430 Å². The number of aliphatic hydroxyl groups excluding tert-OH is 1. The van der Waals surface area contributed by atoms with Crippen LogP contribution in [0.25, 0.3) is 0 Å². The van der Waals surface area contributed by atoms with Crippen LogP contribution < -0.4 is 0 Å². The number of hydroxylamine groups is 2. The Kier molecular flexibility index (Phi) is 16.5. The van der Waals surface area contributed by atoms with Crippen molar-refractivity contribution in [3.8, 4) is 0 Å². The van der Waals surface area contributed by atoms with E-state index in [1.165, 1.54) is 77.0 Å². The normalized spacial score (nSPS) is 40.0. The first-order chi connectivity index (χ1) is 35.0. The Morgan fingerprint density at radius 1 is 0.554 bits per heavy atom. The third-order valence-electron chi connectivity index (χ3n) is 18.8. The van der Waals surface area contributed by atoms with E-state index < -0.39 is 88.7 Å². The van der Waals surface area contributed by atoms with Crippen molar-refractivity contribution in [2.24, 2.45) is 93.2 Å². The van der Waals surface area contributed by atoms with Crippen LogP contribution >= 0.6 is 24.1 Å². The maximum Gasteiger partial charge on any atom is 0.415 e. The molecular weight excluding hydrogens is 1040 g/mol. The summed E-state index contributed by atoms with van der Waals surface area (Å²) < 4.78 is 117. The second-order valence-electron chi connectivity index (χ2n) is 24.3. The molecule has 74 heavy (non-hydrogen) atoms. The lowest BCUT2D eigenvalue weighted by Gasteiger charge is -2.56. The number of carbonyl (C=O) groups is 5. The fourth-order valence-electron chi connectivity index (χ4n) is 17.4. The molecule has 1 heterocycles. The first kappa shape index (κ1) is 55.9. The number of carboxylic acids is 1. The van der Waals surface area contributed by atoms with Crippen molar-refractivity contribution in [3.05, 3.63) is 12.2 Å². The van der Waals surface area contributed by atoms with E-state index in [0.717, 1.165) is 62.7 Å². The summed E-state index contributed by atoms with van der Waals surface area (Å²) in [5, 5.41) is 14.2. The van der Waals surface area contributed by atoms with Gasteiger partial charge in [0.05, 0.1) is 25.0 Å². The SMILES string of the molecule is O=C(O)C(F)(F)SOOF.O=C(OCC12CC3CC(CC(C3)C1)C2)C(F)(F)SOOF.O=C1C2C3C=CC(C3)C2C(=O)N1OCC(F)(F)C(=O)OCC12CC3CC(CC(C3)C1)C2.OCC12CC3CC(CC(C3)C1)C2. The summed E-state index contributed by atoms with van der Waals surface area (Å²) in [6, 6.07) is 0. The number of amides is 2. The molecule has 0 aromatic heterocycles. The van der Waals surface area contributed by atoms with Crippen molar-refractivity contribution < 1.29 is 103 Å². The molecule has 15 rings (SSSR count). The molecule has 416 valence electrons. The zero-order chi connectivity index (χ0) is 53.0. The van der Waals surface area contributed by atoms with Gasteiger partial charge >= 0.3 is 34.3 Å². The van der Waals surface area contributed by atoms with Gasteiger partial charge in [-0.2, -0.15) is 31.4 Å². The molecule has 1 saturated heterocycles. The quantitative estimate of drug-likeness (QED) is 0.0265. The molecule has 4 atom stereocenters. The average molecular weight is 1110 g/mol. The number of aliphatic hydroxyl groups is 1. The van der Waals surface area contributed by atoms with Gasteiger partial charge in [-0.05, 0) is 212 Å². The van der Waals surface area contributed by atoms with Crippen LogP contribution in [0, 0.1) is 93.2 Å². The van der Waals surface area contributed by atoms with Crippen LogP contribution in [0.1, 0.15) is 122 Å². The number of hydrogen-bond acceptors (Lipinski definition) is 15. The molecule has 4 unspecified atom stereocenters. The number of alkyl halides is 6. The highest BCUT2D eigenvalue weighted by Gasteiger charge is 2.61. The highest BCUT2D eigenvalue weighted by atomic mass is 32.2.